The normalized spacial score (nSPS) is 15.8. The summed E-state index contributed by atoms with van der Waals surface area (Å²) in [5, 5.41) is 12.9. The lowest BCUT2D eigenvalue weighted by Gasteiger charge is -2.33. The van der Waals surface area contributed by atoms with Crippen LogP contribution in [0, 0.1) is 0 Å². The lowest BCUT2D eigenvalue weighted by atomic mass is 9.98. The van der Waals surface area contributed by atoms with Crippen LogP contribution in [0.4, 0.5) is 13.2 Å². The number of carbonyl (C=O) groups is 1. The lowest BCUT2D eigenvalue weighted by molar-refractivity contribution is -0.142. The summed E-state index contributed by atoms with van der Waals surface area (Å²) in [5.41, 5.74) is 3.83. The van der Waals surface area contributed by atoms with Gasteiger partial charge in [0, 0.05) is 49.2 Å². The van der Waals surface area contributed by atoms with Crippen molar-refractivity contribution in [3.8, 4) is 11.1 Å². The smallest absolute Gasteiger partial charge is 0.348 e. The molecule has 0 saturated carbocycles. The number of hydrogen-bond donors (Lipinski definition) is 1. The van der Waals surface area contributed by atoms with Crippen molar-refractivity contribution in [1.82, 2.24) is 43.9 Å². The Bertz CT molecular complexity index is 1880. The third-order valence-corrected chi connectivity index (χ3v) is 7.05. The number of aryl methyl sites for hydroxylation is 1. The van der Waals surface area contributed by atoms with Crippen LogP contribution in [0.3, 0.4) is 0 Å². The Morgan fingerprint density at radius 2 is 1.95 bits per heavy atom. The van der Waals surface area contributed by atoms with Crippen molar-refractivity contribution < 1.29 is 18.0 Å². The molecule has 0 bridgehead atoms. The number of carbonyl (C=O) groups excluding carboxylic acids is 1. The Morgan fingerprint density at radius 3 is 2.74 bits per heavy atom. The second-order valence-electron chi connectivity index (χ2n) is 9.44. The Kier molecular flexibility index (Phi) is 4.93. The summed E-state index contributed by atoms with van der Waals surface area (Å²) in [5.74, 6) is -0.314. The summed E-state index contributed by atoms with van der Waals surface area (Å²) in [6, 6.07) is 8.38. The average molecular weight is 532 g/mol. The predicted molar refractivity (Wildman–Crippen MR) is 133 cm³/mol. The van der Waals surface area contributed by atoms with E-state index in [0.29, 0.717) is 35.4 Å². The number of fused-ring (bicyclic) bond motifs is 3. The van der Waals surface area contributed by atoms with Crippen molar-refractivity contribution in [3.63, 3.8) is 0 Å². The largest absolute Gasteiger partial charge is 0.433 e. The summed E-state index contributed by atoms with van der Waals surface area (Å²) in [6.45, 7) is 0.323. The van der Waals surface area contributed by atoms with Gasteiger partial charge in [0.1, 0.15) is 11.7 Å². The third-order valence-electron chi connectivity index (χ3n) is 7.05. The van der Waals surface area contributed by atoms with Crippen LogP contribution in [0.2, 0.25) is 0 Å². The van der Waals surface area contributed by atoms with Gasteiger partial charge in [-0.2, -0.15) is 28.5 Å². The van der Waals surface area contributed by atoms with E-state index in [1.165, 1.54) is 18.6 Å². The first-order valence-corrected chi connectivity index (χ1v) is 12.1. The van der Waals surface area contributed by atoms with Crippen LogP contribution in [0.25, 0.3) is 22.2 Å². The number of amides is 1. The number of nitrogens with one attached hydrogen (secondary N) is 1. The topological polar surface area (TPSA) is 101 Å². The zero-order valence-electron chi connectivity index (χ0n) is 20.5. The van der Waals surface area contributed by atoms with Crippen molar-refractivity contribution in [2.75, 3.05) is 6.54 Å². The molecule has 0 aliphatic carbocycles. The van der Waals surface area contributed by atoms with Crippen molar-refractivity contribution >= 4 is 16.9 Å². The first-order valence-electron chi connectivity index (χ1n) is 12.1. The Hall–Kier alpha value is -4.94. The molecule has 0 spiro atoms. The van der Waals surface area contributed by atoms with E-state index in [-0.39, 0.29) is 11.4 Å². The Labute approximate surface area is 218 Å². The molecule has 0 fully saturated rings. The SMILES string of the molecule is Cn1cc(-c2ccc3c(C(=O)N4CCc5[nH]cnc5C4c4cc5cccc(C(F)(F)F)n5n4)cnn3c2)cn1. The van der Waals surface area contributed by atoms with E-state index in [2.05, 4.69) is 25.3 Å². The molecule has 1 atom stereocenters. The number of nitrogens with zero attached hydrogens (tertiary/aromatic N) is 8. The highest BCUT2D eigenvalue weighted by Crippen LogP contribution is 2.36. The number of pyridine rings is 2. The quantitative estimate of drug-likeness (QED) is 0.373. The minimum absolute atomic E-state index is 0.272. The highest BCUT2D eigenvalue weighted by atomic mass is 19.4. The third kappa shape index (κ3) is 3.68. The standard InChI is InChI=1S/C26H20F3N9O/c1-35-12-16(10-32-35)15-5-6-21-18(11-33-37(21)13-15)25(39)36-8-7-19-23(31-14-30-19)24(36)20-9-17-3-2-4-22(26(27,28)29)38(17)34-20/h2-6,9-14,24H,7-8H2,1H3,(H,30,31). The Balaban J connectivity index is 1.31. The molecule has 39 heavy (non-hydrogen) atoms. The predicted octanol–water partition coefficient (Wildman–Crippen LogP) is 3.91. The van der Waals surface area contributed by atoms with E-state index in [4.69, 9.17) is 0 Å². The van der Waals surface area contributed by atoms with Crippen LogP contribution in [0.1, 0.15) is 39.2 Å². The van der Waals surface area contributed by atoms with E-state index in [1.807, 2.05) is 31.6 Å². The van der Waals surface area contributed by atoms with Gasteiger partial charge in [0.25, 0.3) is 5.91 Å². The van der Waals surface area contributed by atoms with E-state index >= 15 is 0 Å². The average Bonchev–Trinajstić information content (AvgIpc) is 3.71. The summed E-state index contributed by atoms with van der Waals surface area (Å²) in [7, 11) is 1.83. The highest BCUT2D eigenvalue weighted by molar-refractivity contribution is 6.01. The molecule has 0 radical (unpaired) electrons. The second kappa shape index (κ2) is 8.28. The number of rotatable bonds is 3. The van der Waals surface area contributed by atoms with E-state index < -0.39 is 17.9 Å². The molecule has 0 aromatic carbocycles. The first-order chi connectivity index (χ1) is 18.8. The van der Waals surface area contributed by atoms with Gasteiger partial charge in [-0.25, -0.2) is 14.0 Å². The highest BCUT2D eigenvalue weighted by Gasteiger charge is 2.39. The van der Waals surface area contributed by atoms with Gasteiger partial charge >= 0.3 is 6.18 Å². The van der Waals surface area contributed by atoms with Crippen LogP contribution in [0.15, 0.2) is 67.5 Å². The van der Waals surface area contributed by atoms with Gasteiger partial charge in [-0.05, 0) is 24.3 Å². The first kappa shape index (κ1) is 23.2. The van der Waals surface area contributed by atoms with E-state index in [9.17, 15) is 18.0 Å². The molecule has 1 aliphatic heterocycles. The summed E-state index contributed by atoms with van der Waals surface area (Å²) in [6.07, 6.45) is 4.41. The van der Waals surface area contributed by atoms with Crippen LogP contribution in [0.5, 0.6) is 0 Å². The summed E-state index contributed by atoms with van der Waals surface area (Å²) < 4.78 is 45.2. The van der Waals surface area contributed by atoms with E-state index in [1.54, 1.807) is 32.4 Å². The van der Waals surface area contributed by atoms with Gasteiger partial charge < -0.3 is 9.88 Å². The number of halogens is 3. The molecule has 1 aliphatic rings. The number of hydrogen-bond acceptors (Lipinski definition) is 5. The van der Waals surface area contributed by atoms with Crippen LogP contribution in [-0.2, 0) is 19.6 Å². The minimum Gasteiger partial charge on any atom is -0.348 e. The van der Waals surface area contributed by atoms with Crippen LogP contribution < -0.4 is 0 Å². The summed E-state index contributed by atoms with van der Waals surface area (Å²) >= 11 is 0. The molecular weight excluding hydrogens is 511 g/mol. The van der Waals surface area contributed by atoms with Gasteiger partial charge in [0.2, 0.25) is 0 Å². The number of aromatic amines is 1. The van der Waals surface area contributed by atoms with Crippen molar-refractivity contribution in [2.24, 2.45) is 7.05 Å². The van der Waals surface area contributed by atoms with Crippen LogP contribution in [-0.4, -0.2) is 56.3 Å². The lowest BCUT2D eigenvalue weighted by Crippen LogP contribution is -2.41. The molecular formula is C26H20F3N9O. The fourth-order valence-electron chi connectivity index (χ4n) is 5.22. The monoisotopic (exact) mass is 531 g/mol. The second-order valence-corrected chi connectivity index (χ2v) is 9.44. The molecule has 6 aromatic heterocycles. The van der Waals surface area contributed by atoms with Crippen molar-refractivity contribution in [1.29, 1.82) is 0 Å². The maximum absolute atomic E-state index is 14.0. The number of alkyl halides is 3. The van der Waals surface area contributed by atoms with Gasteiger partial charge in [0.05, 0.1) is 46.7 Å². The number of aromatic nitrogens is 8. The molecule has 6 aromatic rings. The molecule has 10 nitrogen and oxygen atoms in total. The minimum atomic E-state index is -4.59. The molecule has 1 N–H and O–H groups in total. The molecule has 1 unspecified atom stereocenters. The zero-order valence-corrected chi connectivity index (χ0v) is 20.5. The maximum Gasteiger partial charge on any atom is 0.433 e. The molecule has 196 valence electrons. The molecule has 1 amide bonds. The zero-order chi connectivity index (χ0) is 26.9. The van der Waals surface area contributed by atoms with Crippen LogP contribution >= 0.6 is 0 Å². The van der Waals surface area contributed by atoms with E-state index in [0.717, 1.165) is 27.4 Å². The fourth-order valence-corrected chi connectivity index (χ4v) is 5.22. The molecule has 7 heterocycles. The fraction of sp³-hybridized carbons (Fsp3) is 0.192. The summed E-state index contributed by atoms with van der Waals surface area (Å²) in [4.78, 5) is 23.1. The van der Waals surface area contributed by atoms with Gasteiger partial charge in [-0.15, -0.1) is 0 Å². The molecule has 13 heteroatoms. The van der Waals surface area contributed by atoms with Gasteiger partial charge in [-0.3, -0.25) is 9.48 Å². The van der Waals surface area contributed by atoms with Crippen molar-refractivity contribution in [3.05, 3.63) is 95.9 Å². The number of H-pyrrole nitrogens is 1. The van der Waals surface area contributed by atoms with Crippen molar-refractivity contribution in [2.45, 2.75) is 18.6 Å². The number of imidazole rings is 1. The maximum atomic E-state index is 14.0. The van der Waals surface area contributed by atoms with Gasteiger partial charge in [0.15, 0.2) is 0 Å². The Morgan fingerprint density at radius 1 is 1.08 bits per heavy atom. The molecule has 7 rings (SSSR count). The molecule has 0 saturated heterocycles. The van der Waals surface area contributed by atoms with Gasteiger partial charge in [-0.1, -0.05) is 12.1 Å².